The Bertz CT molecular complexity index is 784. The molecule has 2 aromatic heterocycles. The van der Waals surface area contributed by atoms with E-state index in [1.165, 1.54) is 6.20 Å². The van der Waals surface area contributed by atoms with Crippen LogP contribution >= 0.6 is 0 Å². The van der Waals surface area contributed by atoms with Crippen LogP contribution in [-0.4, -0.2) is 22.9 Å². The highest BCUT2D eigenvalue weighted by Crippen LogP contribution is 2.16. The van der Waals surface area contributed by atoms with E-state index in [1.807, 2.05) is 30.3 Å². The Morgan fingerprint density at radius 3 is 2.80 bits per heavy atom. The van der Waals surface area contributed by atoms with Crippen LogP contribution in [0.4, 0.5) is 0 Å². The van der Waals surface area contributed by atoms with Gasteiger partial charge in [-0.25, -0.2) is 4.98 Å². The van der Waals surface area contributed by atoms with Gasteiger partial charge in [0.1, 0.15) is 11.4 Å². The number of nitrogens with zero attached hydrogens (tertiary/aromatic N) is 2. The lowest BCUT2D eigenvalue weighted by Crippen LogP contribution is -2.05. The number of carbonyl (C=O) groups excluding carboxylic acids is 1. The molecule has 98 valence electrons. The molecule has 0 radical (unpaired) electrons. The summed E-state index contributed by atoms with van der Waals surface area (Å²) in [6.07, 6.45) is 3.08. The third kappa shape index (κ3) is 2.23. The lowest BCUT2D eigenvalue weighted by atomic mass is 10.1. The molecule has 0 aliphatic heterocycles. The highest BCUT2D eigenvalue weighted by atomic mass is 16.5. The molecule has 0 unspecified atom stereocenters. The van der Waals surface area contributed by atoms with Gasteiger partial charge in [0.15, 0.2) is 0 Å². The standard InChI is InChI=1S/C16H12N2O2/c1-20-13-8-12(9-17-10-13)16(19)15-7-6-11-4-2-3-5-14(11)18-15/h2-10H,1H3. The highest BCUT2D eigenvalue weighted by Gasteiger charge is 2.12. The number of carbonyl (C=O) groups is 1. The lowest BCUT2D eigenvalue weighted by Gasteiger charge is -2.04. The number of rotatable bonds is 3. The van der Waals surface area contributed by atoms with E-state index in [-0.39, 0.29) is 5.78 Å². The van der Waals surface area contributed by atoms with Crippen molar-refractivity contribution in [2.45, 2.75) is 0 Å². The number of benzene rings is 1. The summed E-state index contributed by atoms with van der Waals surface area (Å²) >= 11 is 0. The summed E-state index contributed by atoms with van der Waals surface area (Å²) in [5, 5.41) is 1.01. The maximum absolute atomic E-state index is 12.4. The quantitative estimate of drug-likeness (QED) is 0.682. The van der Waals surface area contributed by atoms with Gasteiger partial charge in [-0.1, -0.05) is 24.3 Å². The Hall–Kier alpha value is -2.75. The number of ketones is 1. The van der Waals surface area contributed by atoms with Crippen molar-refractivity contribution in [1.82, 2.24) is 9.97 Å². The van der Waals surface area contributed by atoms with E-state index < -0.39 is 0 Å². The van der Waals surface area contributed by atoms with Gasteiger partial charge in [0.05, 0.1) is 18.8 Å². The zero-order chi connectivity index (χ0) is 13.9. The summed E-state index contributed by atoms with van der Waals surface area (Å²) in [5.74, 6) is 0.388. The fourth-order valence-corrected chi connectivity index (χ4v) is 2.00. The minimum Gasteiger partial charge on any atom is -0.495 e. The number of aromatic nitrogens is 2. The van der Waals surface area contributed by atoms with Crippen molar-refractivity contribution in [1.29, 1.82) is 0 Å². The first-order valence-electron chi connectivity index (χ1n) is 6.17. The first kappa shape index (κ1) is 12.3. The molecule has 0 amide bonds. The summed E-state index contributed by atoms with van der Waals surface area (Å²) in [5.41, 5.74) is 1.67. The van der Waals surface area contributed by atoms with Crippen LogP contribution in [-0.2, 0) is 0 Å². The number of ether oxygens (including phenoxy) is 1. The van der Waals surface area contributed by atoms with E-state index in [4.69, 9.17) is 4.74 Å². The molecule has 4 nitrogen and oxygen atoms in total. The van der Waals surface area contributed by atoms with E-state index in [0.29, 0.717) is 17.0 Å². The summed E-state index contributed by atoms with van der Waals surface area (Å²) in [7, 11) is 1.54. The van der Waals surface area contributed by atoms with E-state index in [9.17, 15) is 4.79 Å². The molecule has 0 N–H and O–H groups in total. The van der Waals surface area contributed by atoms with Crippen LogP contribution in [0.2, 0.25) is 0 Å². The van der Waals surface area contributed by atoms with E-state index in [1.54, 1.807) is 25.4 Å². The number of hydrogen-bond donors (Lipinski definition) is 0. The summed E-state index contributed by atoms with van der Waals surface area (Å²) in [6.45, 7) is 0. The van der Waals surface area contributed by atoms with Crippen molar-refractivity contribution < 1.29 is 9.53 Å². The van der Waals surface area contributed by atoms with Crippen molar-refractivity contribution in [2.75, 3.05) is 7.11 Å². The van der Waals surface area contributed by atoms with Gasteiger partial charge in [0.25, 0.3) is 0 Å². The van der Waals surface area contributed by atoms with E-state index in [2.05, 4.69) is 9.97 Å². The Morgan fingerprint density at radius 1 is 1.10 bits per heavy atom. The molecule has 3 rings (SSSR count). The molecule has 20 heavy (non-hydrogen) atoms. The molecular weight excluding hydrogens is 252 g/mol. The molecule has 0 atom stereocenters. The second kappa shape index (κ2) is 5.09. The highest BCUT2D eigenvalue weighted by molar-refractivity contribution is 6.08. The van der Waals surface area contributed by atoms with Crippen LogP contribution in [0.3, 0.4) is 0 Å². The minimum absolute atomic E-state index is 0.165. The van der Waals surface area contributed by atoms with Gasteiger partial charge in [-0.05, 0) is 18.2 Å². The summed E-state index contributed by atoms with van der Waals surface area (Å²) in [6, 6.07) is 13.0. The third-order valence-corrected chi connectivity index (χ3v) is 3.04. The zero-order valence-corrected chi connectivity index (χ0v) is 10.9. The smallest absolute Gasteiger partial charge is 0.213 e. The molecule has 0 saturated carbocycles. The predicted molar refractivity (Wildman–Crippen MR) is 76.0 cm³/mol. The number of para-hydroxylation sites is 1. The second-order valence-electron chi connectivity index (χ2n) is 4.33. The first-order chi connectivity index (χ1) is 9.78. The van der Waals surface area contributed by atoms with Crippen molar-refractivity contribution in [3.63, 3.8) is 0 Å². The van der Waals surface area contributed by atoms with Gasteiger partial charge >= 0.3 is 0 Å². The molecule has 0 spiro atoms. The molecule has 0 fully saturated rings. The van der Waals surface area contributed by atoms with Crippen LogP contribution < -0.4 is 4.74 Å². The second-order valence-corrected chi connectivity index (χ2v) is 4.33. The maximum atomic E-state index is 12.4. The molecule has 0 aliphatic carbocycles. The number of pyridine rings is 2. The summed E-state index contributed by atoms with van der Waals surface area (Å²) in [4.78, 5) is 20.8. The molecule has 0 bridgehead atoms. The normalized spacial score (nSPS) is 10.4. The minimum atomic E-state index is -0.165. The predicted octanol–water partition coefficient (Wildman–Crippen LogP) is 2.87. The third-order valence-electron chi connectivity index (χ3n) is 3.04. The average Bonchev–Trinajstić information content (AvgIpc) is 2.53. The molecular formula is C16H12N2O2. The fraction of sp³-hybridized carbons (Fsp3) is 0.0625. The monoisotopic (exact) mass is 264 g/mol. The van der Waals surface area contributed by atoms with E-state index in [0.717, 1.165) is 10.9 Å². The van der Waals surface area contributed by atoms with Gasteiger partial charge in [-0.3, -0.25) is 9.78 Å². The molecule has 0 saturated heterocycles. The number of fused-ring (bicyclic) bond motifs is 1. The molecule has 2 heterocycles. The molecule has 3 aromatic rings. The van der Waals surface area contributed by atoms with Gasteiger partial charge in [0.2, 0.25) is 5.78 Å². The maximum Gasteiger partial charge on any atom is 0.213 e. The van der Waals surface area contributed by atoms with Crippen LogP contribution in [0.1, 0.15) is 16.1 Å². The Balaban J connectivity index is 2.03. The van der Waals surface area contributed by atoms with E-state index >= 15 is 0 Å². The topological polar surface area (TPSA) is 52.1 Å². The van der Waals surface area contributed by atoms with Gasteiger partial charge in [0, 0.05) is 17.1 Å². The van der Waals surface area contributed by atoms with Crippen molar-refractivity contribution in [3.05, 3.63) is 66.1 Å². The number of hydrogen-bond acceptors (Lipinski definition) is 4. The Morgan fingerprint density at radius 2 is 1.95 bits per heavy atom. The van der Waals surface area contributed by atoms with Crippen molar-refractivity contribution in [3.8, 4) is 5.75 Å². The average molecular weight is 264 g/mol. The van der Waals surface area contributed by atoms with Gasteiger partial charge in [-0.2, -0.15) is 0 Å². The molecule has 1 aromatic carbocycles. The largest absolute Gasteiger partial charge is 0.495 e. The molecule has 4 heteroatoms. The Labute approximate surface area is 116 Å². The zero-order valence-electron chi connectivity index (χ0n) is 10.9. The first-order valence-corrected chi connectivity index (χ1v) is 6.17. The van der Waals surface area contributed by atoms with Crippen LogP contribution in [0.15, 0.2) is 54.9 Å². The van der Waals surface area contributed by atoms with Crippen LogP contribution in [0.25, 0.3) is 10.9 Å². The van der Waals surface area contributed by atoms with Crippen LogP contribution in [0, 0.1) is 0 Å². The van der Waals surface area contributed by atoms with Crippen LogP contribution in [0.5, 0.6) is 5.75 Å². The van der Waals surface area contributed by atoms with Crippen molar-refractivity contribution >= 4 is 16.7 Å². The number of methoxy groups -OCH3 is 1. The SMILES string of the molecule is COc1cncc(C(=O)c2ccc3ccccc3n2)c1. The molecule has 0 aliphatic rings. The summed E-state index contributed by atoms with van der Waals surface area (Å²) < 4.78 is 5.08. The van der Waals surface area contributed by atoms with Crippen molar-refractivity contribution in [2.24, 2.45) is 0 Å². The lowest BCUT2D eigenvalue weighted by molar-refractivity contribution is 0.103. The van der Waals surface area contributed by atoms with Gasteiger partial charge < -0.3 is 4.74 Å². The van der Waals surface area contributed by atoms with Gasteiger partial charge in [-0.15, -0.1) is 0 Å². The Kier molecular flexibility index (Phi) is 3.13. The fourth-order valence-electron chi connectivity index (χ4n) is 2.00.